The van der Waals surface area contributed by atoms with E-state index >= 15 is 0 Å². The first-order valence-electron chi connectivity index (χ1n) is 5.84. The maximum atomic E-state index is 13.3. The third kappa shape index (κ3) is 5.48. The van der Waals surface area contributed by atoms with E-state index in [0.29, 0.717) is 5.56 Å². The van der Waals surface area contributed by atoms with Gasteiger partial charge in [0.15, 0.2) is 0 Å². The van der Waals surface area contributed by atoms with Gasteiger partial charge in [0.25, 0.3) is 0 Å². The number of carbonyl (C=O) groups is 1. The molecule has 2 N–H and O–H groups in total. The van der Waals surface area contributed by atoms with Crippen molar-refractivity contribution < 1.29 is 9.18 Å². The minimum atomic E-state index is -0.348. The van der Waals surface area contributed by atoms with Gasteiger partial charge in [0.1, 0.15) is 5.82 Å². The number of carbonyl (C=O) groups excluding carboxylic acids is 1. The van der Waals surface area contributed by atoms with Crippen LogP contribution in [0, 0.1) is 11.2 Å². The Hall–Kier alpha value is -1.84. The molecule has 1 aromatic rings. The third-order valence-electron chi connectivity index (χ3n) is 2.19. The molecule has 0 saturated heterocycles. The molecule has 0 atom stereocenters. The maximum absolute atomic E-state index is 13.3. The number of benzene rings is 1. The summed E-state index contributed by atoms with van der Waals surface area (Å²) in [7, 11) is 0. The lowest BCUT2D eigenvalue weighted by molar-refractivity contribution is 0.243. The molecule has 0 saturated carbocycles. The number of allylic oxidation sites excluding steroid dienone is 1. The van der Waals surface area contributed by atoms with Crippen LogP contribution in [0.25, 0.3) is 0 Å². The van der Waals surface area contributed by atoms with Crippen LogP contribution in [0.5, 0.6) is 0 Å². The van der Waals surface area contributed by atoms with E-state index in [2.05, 4.69) is 10.6 Å². The Kier molecular flexibility index (Phi) is 4.89. The topological polar surface area (TPSA) is 41.1 Å². The maximum Gasteiger partial charge on any atom is 0.319 e. The first-order chi connectivity index (χ1) is 8.38. The lowest BCUT2D eigenvalue weighted by Gasteiger charge is -2.11. The SMILES string of the molecule is CC(C)(C)/C=C/NC(=O)NCc1ccccc1F. The van der Waals surface area contributed by atoms with Crippen molar-refractivity contribution in [2.24, 2.45) is 5.41 Å². The highest BCUT2D eigenvalue weighted by atomic mass is 19.1. The lowest BCUT2D eigenvalue weighted by Crippen LogP contribution is -2.32. The van der Waals surface area contributed by atoms with E-state index in [4.69, 9.17) is 0 Å². The molecule has 0 aliphatic carbocycles. The molecule has 98 valence electrons. The van der Waals surface area contributed by atoms with Crippen LogP contribution in [0.3, 0.4) is 0 Å². The van der Waals surface area contributed by atoms with Gasteiger partial charge in [-0.15, -0.1) is 0 Å². The van der Waals surface area contributed by atoms with Crippen LogP contribution < -0.4 is 10.6 Å². The van der Waals surface area contributed by atoms with Gasteiger partial charge in [-0.1, -0.05) is 45.0 Å². The summed E-state index contributed by atoms with van der Waals surface area (Å²) in [5.41, 5.74) is 0.478. The number of hydrogen-bond donors (Lipinski definition) is 2. The average Bonchev–Trinajstić information content (AvgIpc) is 2.26. The van der Waals surface area contributed by atoms with Crippen molar-refractivity contribution in [3.05, 3.63) is 47.9 Å². The van der Waals surface area contributed by atoms with Crippen LogP contribution in [0.2, 0.25) is 0 Å². The number of nitrogens with one attached hydrogen (secondary N) is 2. The van der Waals surface area contributed by atoms with Gasteiger partial charge in [0, 0.05) is 18.3 Å². The Balaban J connectivity index is 2.39. The summed E-state index contributed by atoms with van der Waals surface area (Å²) in [4.78, 5) is 11.4. The molecule has 0 aromatic heterocycles. The minimum absolute atomic E-state index is 0.0127. The number of halogens is 1. The molecular formula is C14H19FN2O. The van der Waals surface area contributed by atoms with Crippen molar-refractivity contribution in [1.82, 2.24) is 10.6 Å². The Morgan fingerprint density at radius 1 is 1.33 bits per heavy atom. The third-order valence-corrected chi connectivity index (χ3v) is 2.19. The predicted molar refractivity (Wildman–Crippen MR) is 70.4 cm³/mol. The van der Waals surface area contributed by atoms with Gasteiger partial charge >= 0.3 is 6.03 Å². The highest BCUT2D eigenvalue weighted by Crippen LogP contribution is 2.13. The van der Waals surface area contributed by atoms with E-state index in [1.54, 1.807) is 24.4 Å². The molecule has 1 rings (SSSR count). The van der Waals surface area contributed by atoms with Crippen LogP contribution in [-0.2, 0) is 6.54 Å². The average molecular weight is 250 g/mol. The summed E-state index contributed by atoms with van der Waals surface area (Å²) >= 11 is 0. The van der Waals surface area contributed by atoms with Crippen LogP contribution in [0.1, 0.15) is 26.3 Å². The Bertz CT molecular complexity index is 436. The molecule has 1 aromatic carbocycles. The van der Waals surface area contributed by atoms with Crippen molar-refractivity contribution in [3.8, 4) is 0 Å². The molecule has 0 fully saturated rings. The van der Waals surface area contributed by atoms with Crippen LogP contribution in [-0.4, -0.2) is 6.03 Å². The van der Waals surface area contributed by atoms with E-state index in [1.165, 1.54) is 6.07 Å². The number of rotatable bonds is 3. The molecule has 3 nitrogen and oxygen atoms in total. The lowest BCUT2D eigenvalue weighted by atomic mass is 9.97. The molecule has 2 amide bonds. The van der Waals surface area contributed by atoms with E-state index in [1.807, 2.05) is 26.8 Å². The first kappa shape index (κ1) is 14.2. The van der Waals surface area contributed by atoms with Gasteiger partial charge in [0.05, 0.1) is 0 Å². The van der Waals surface area contributed by atoms with Crippen molar-refractivity contribution in [1.29, 1.82) is 0 Å². The van der Waals surface area contributed by atoms with Crippen molar-refractivity contribution in [2.75, 3.05) is 0 Å². The molecule has 0 radical (unpaired) electrons. The van der Waals surface area contributed by atoms with Crippen molar-refractivity contribution in [2.45, 2.75) is 27.3 Å². The fourth-order valence-corrected chi connectivity index (χ4v) is 1.24. The first-order valence-corrected chi connectivity index (χ1v) is 5.84. The molecule has 0 spiro atoms. The van der Waals surface area contributed by atoms with Crippen LogP contribution in [0.15, 0.2) is 36.5 Å². The molecule has 0 aliphatic heterocycles. The second-order valence-electron chi connectivity index (χ2n) is 5.12. The van der Waals surface area contributed by atoms with E-state index in [9.17, 15) is 9.18 Å². The Labute approximate surface area is 107 Å². The summed E-state index contributed by atoms with van der Waals surface area (Å²) < 4.78 is 13.3. The van der Waals surface area contributed by atoms with E-state index < -0.39 is 0 Å². The zero-order valence-electron chi connectivity index (χ0n) is 11.0. The van der Waals surface area contributed by atoms with E-state index in [0.717, 1.165) is 0 Å². The van der Waals surface area contributed by atoms with Crippen molar-refractivity contribution >= 4 is 6.03 Å². The predicted octanol–water partition coefficient (Wildman–Crippen LogP) is 3.18. The van der Waals surface area contributed by atoms with Crippen LogP contribution >= 0.6 is 0 Å². The number of hydrogen-bond acceptors (Lipinski definition) is 1. The molecule has 0 unspecified atom stereocenters. The molecule has 4 heteroatoms. The summed E-state index contributed by atoms with van der Waals surface area (Å²) in [6, 6.07) is 6.01. The van der Waals surface area contributed by atoms with Gasteiger partial charge in [0.2, 0.25) is 0 Å². The molecule has 0 heterocycles. The van der Waals surface area contributed by atoms with Crippen LogP contribution in [0.4, 0.5) is 9.18 Å². The Morgan fingerprint density at radius 3 is 2.61 bits per heavy atom. The molecule has 0 bridgehead atoms. The monoisotopic (exact) mass is 250 g/mol. The van der Waals surface area contributed by atoms with Gasteiger partial charge in [-0.05, 0) is 11.5 Å². The minimum Gasteiger partial charge on any atom is -0.334 e. The number of amides is 2. The summed E-state index contributed by atoms with van der Waals surface area (Å²) in [6.45, 7) is 6.26. The smallest absolute Gasteiger partial charge is 0.319 e. The molecular weight excluding hydrogens is 231 g/mol. The second-order valence-corrected chi connectivity index (χ2v) is 5.12. The summed E-state index contributed by atoms with van der Waals surface area (Å²) in [6.07, 6.45) is 3.48. The molecule has 0 aliphatic rings. The van der Waals surface area contributed by atoms with Gasteiger partial charge in [-0.3, -0.25) is 0 Å². The van der Waals surface area contributed by atoms with Gasteiger partial charge in [-0.2, -0.15) is 0 Å². The number of urea groups is 1. The highest BCUT2D eigenvalue weighted by molar-refractivity contribution is 5.74. The Morgan fingerprint density at radius 2 is 2.00 bits per heavy atom. The fourth-order valence-electron chi connectivity index (χ4n) is 1.24. The van der Waals surface area contributed by atoms with E-state index in [-0.39, 0.29) is 23.8 Å². The van der Waals surface area contributed by atoms with Gasteiger partial charge in [-0.25, -0.2) is 9.18 Å². The zero-order chi connectivity index (χ0) is 13.6. The van der Waals surface area contributed by atoms with Gasteiger partial charge < -0.3 is 10.6 Å². The highest BCUT2D eigenvalue weighted by Gasteiger charge is 2.05. The normalized spacial score (nSPS) is 11.6. The summed E-state index contributed by atoms with van der Waals surface area (Å²) in [5.74, 6) is -0.317. The second kappa shape index (κ2) is 6.19. The standard InChI is InChI=1S/C14H19FN2O/c1-14(2,3)8-9-16-13(18)17-10-11-6-4-5-7-12(11)15/h4-9H,10H2,1-3H3,(H2,16,17,18)/b9-8+. The summed E-state index contributed by atoms with van der Waals surface area (Å²) in [5, 5.41) is 5.16. The fraction of sp³-hybridized carbons (Fsp3) is 0.357. The van der Waals surface area contributed by atoms with Crippen molar-refractivity contribution in [3.63, 3.8) is 0 Å². The zero-order valence-corrected chi connectivity index (χ0v) is 11.0. The largest absolute Gasteiger partial charge is 0.334 e. The molecule has 18 heavy (non-hydrogen) atoms. The quantitative estimate of drug-likeness (QED) is 0.850.